The molecule has 0 radical (unpaired) electrons. The van der Waals surface area contributed by atoms with E-state index in [4.69, 9.17) is 21.2 Å². The highest BCUT2D eigenvalue weighted by atomic mass is 16.5. The maximum Gasteiger partial charge on any atom is 0.323 e. The predicted molar refractivity (Wildman–Crippen MR) is 55.1 cm³/mol. The van der Waals surface area contributed by atoms with E-state index in [1.165, 1.54) is 0 Å². The summed E-state index contributed by atoms with van der Waals surface area (Å²) in [5.41, 5.74) is 5.02. The number of carboxylic acid groups (broad SMARTS) is 2. The zero-order valence-corrected chi connectivity index (χ0v) is 9.17. The molecule has 1 rings (SSSR count). The minimum absolute atomic E-state index is 0.483. The van der Waals surface area contributed by atoms with Gasteiger partial charge in [0, 0.05) is 6.54 Å². The van der Waals surface area contributed by atoms with Crippen LogP contribution in [0.15, 0.2) is 0 Å². The van der Waals surface area contributed by atoms with Gasteiger partial charge < -0.3 is 21.2 Å². The summed E-state index contributed by atoms with van der Waals surface area (Å²) in [6.45, 7) is 2.22. The third kappa shape index (κ3) is 5.06. The van der Waals surface area contributed by atoms with Crippen molar-refractivity contribution in [2.75, 3.05) is 6.54 Å². The molecule has 0 bridgehead atoms. The lowest BCUT2D eigenvalue weighted by Gasteiger charge is -2.11. The van der Waals surface area contributed by atoms with E-state index >= 15 is 0 Å². The fourth-order valence-corrected chi connectivity index (χ4v) is 1.18. The highest BCUT2D eigenvalue weighted by Gasteiger charge is 2.28. The molecule has 0 spiro atoms. The van der Waals surface area contributed by atoms with Crippen molar-refractivity contribution in [1.82, 2.24) is 5.06 Å². The number of carbonyl (C=O) groups is 2. The molecule has 1 unspecified atom stereocenters. The Morgan fingerprint density at radius 2 is 2.06 bits per heavy atom. The van der Waals surface area contributed by atoms with Gasteiger partial charge in [-0.3, -0.25) is 9.59 Å². The van der Waals surface area contributed by atoms with Crippen molar-refractivity contribution in [3.63, 3.8) is 0 Å². The first-order valence-corrected chi connectivity index (χ1v) is 5.06. The minimum atomic E-state index is -0.935. The van der Waals surface area contributed by atoms with Crippen LogP contribution in [-0.2, 0) is 9.59 Å². The summed E-state index contributed by atoms with van der Waals surface area (Å²) in [7, 11) is 0. The topological polar surface area (TPSA) is 124 Å². The SMILES string of the molecule is CCC(N)C(=O)O.O=C(O)[C@@H]1CCCN1O. The van der Waals surface area contributed by atoms with Gasteiger partial charge in [-0.15, -0.1) is 0 Å². The van der Waals surface area contributed by atoms with Gasteiger partial charge >= 0.3 is 11.9 Å². The monoisotopic (exact) mass is 234 g/mol. The Morgan fingerprint density at radius 1 is 1.50 bits per heavy atom. The summed E-state index contributed by atoms with van der Waals surface area (Å²) in [6.07, 6.45) is 1.83. The van der Waals surface area contributed by atoms with Crippen LogP contribution in [0.1, 0.15) is 26.2 Å². The second-order valence-electron chi connectivity index (χ2n) is 3.51. The Morgan fingerprint density at radius 3 is 2.19 bits per heavy atom. The van der Waals surface area contributed by atoms with Crippen LogP contribution in [0.5, 0.6) is 0 Å². The summed E-state index contributed by atoms with van der Waals surface area (Å²) in [5, 5.41) is 26.1. The van der Waals surface area contributed by atoms with E-state index in [2.05, 4.69) is 0 Å². The number of hydrogen-bond donors (Lipinski definition) is 4. The molecule has 1 aliphatic heterocycles. The number of nitrogens with two attached hydrogens (primary N) is 1. The molecule has 16 heavy (non-hydrogen) atoms. The van der Waals surface area contributed by atoms with Gasteiger partial charge in [0.2, 0.25) is 0 Å². The average Bonchev–Trinajstić information content (AvgIpc) is 2.64. The van der Waals surface area contributed by atoms with E-state index in [1.807, 2.05) is 0 Å². The average molecular weight is 234 g/mol. The van der Waals surface area contributed by atoms with Crippen molar-refractivity contribution in [3.8, 4) is 0 Å². The van der Waals surface area contributed by atoms with E-state index in [0.29, 0.717) is 19.4 Å². The van der Waals surface area contributed by atoms with Crippen molar-refractivity contribution in [1.29, 1.82) is 0 Å². The molecule has 1 saturated heterocycles. The lowest BCUT2D eigenvalue weighted by atomic mass is 10.2. The molecule has 0 saturated carbocycles. The van der Waals surface area contributed by atoms with Gasteiger partial charge in [-0.25, -0.2) is 0 Å². The van der Waals surface area contributed by atoms with Crippen LogP contribution in [0.3, 0.4) is 0 Å². The highest BCUT2D eigenvalue weighted by Crippen LogP contribution is 2.13. The number of carboxylic acids is 2. The smallest absolute Gasteiger partial charge is 0.323 e. The predicted octanol–water partition coefficient (Wildman–Crippen LogP) is -0.267. The Balaban J connectivity index is 0.000000293. The molecule has 0 aromatic rings. The lowest BCUT2D eigenvalue weighted by molar-refractivity contribution is -0.161. The number of rotatable bonds is 3. The fraction of sp³-hybridized carbons (Fsp3) is 0.778. The van der Waals surface area contributed by atoms with Gasteiger partial charge in [0.15, 0.2) is 0 Å². The number of hydrogen-bond acceptors (Lipinski definition) is 5. The molecule has 2 atom stereocenters. The van der Waals surface area contributed by atoms with Crippen LogP contribution in [-0.4, -0.2) is 51.1 Å². The van der Waals surface area contributed by atoms with Gasteiger partial charge in [-0.2, -0.15) is 5.06 Å². The van der Waals surface area contributed by atoms with Crippen molar-refractivity contribution in [3.05, 3.63) is 0 Å². The largest absolute Gasteiger partial charge is 0.480 e. The molecule has 94 valence electrons. The zero-order chi connectivity index (χ0) is 12.7. The van der Waals surface area contributed by atoms with Gasteiger partial charge in [0.25, 0.3) is 0 Å². The molecular weight excluding hydrogens is 216 g/mol. The fourth-order valence-electron chi connectivity index (χ4n) is 1.18. The minimum Gasteiger partial charge on any atom is -0.480 e. The van der Waals surface area contributed by atoms with Crippen molar-refractivity contribution in [2.45, 2.75) is 38.3 Å². The van der Waals surface area contributed by atoms with E-state index < -0.39 is 24.0 Å². The molecule has 1 aliphatic rings. The second-order valence-corrected chi connectivity index (χ2v) is 3.51. The summed E-state index contributed by atoms with van der Waals surface area (Å²) in [4.78, 5) is 20.0. The van der Waals surface area contributed by atoms with Crippen LogP contribution in [0.25, 0.3) is 0 Å². The quantitative estimate of drug-likeness (QED) is 0.530. The van der Waals surface area contributed by atoms with Gasteiger partial charge in [0.05, 0.1) is 0 Å². The summed E-state index contributed by atoms with van der Waals surface area (Å²) < 4.78 is 0. The first-order valence-electron chi connectivity index (χ1n) is 5.06. The highest BCUT2D eigenvalue weighted by molar-refractivity contribution is 5.73. The Hall–Kier alpha value is -1.18. The molecule has 0 amide bonds. The van der Waals surface area contributed by atoms with Crippen molar-refractivity contribution >= 4 is 11.9 Å². The molecule has 0 aromatic heterocycles. The molecule has 5 N–H and O–H groups in total. The molecule has 0 aromatic carbocycles. The molecular formula is C9H18N2O5. The number of aliphatic carboxylic acids is 2. The van der Waals surface area contributed by atoms with E-state index in [-0.39, 0.29) is 0 Å². The van der Waals surface area contributed by atoms with Crippen LogP contribution in [0.4, 0.5) is 0 Å². The first-order chi connectivity index (χ1) is 7.40. The number of nitrogens with zero attached hydrogens (tertiary/aromatic N) is 1. The first kappa shape index (κ1) is 14.8. The van der Waals surface area contributed by atoms with Crippen molar-refractivity contribution < 1.29 is 25.0 Å². The van der Waals surface area contributed by atoms with Crippen molar-refractivity contribution in [2.24, 2.45) is 5.73 Å². The van der Waals surface area contributed by atoms with Crippen LogP contribution in [0.2, 0.25) is 0 Å². The summed E-state index contributed by atoms with van der Waals surface area (Å²) in [5.74, 6) is -1.86. The number of hydroxylamine groups is 2. The van der Waals surface area contributed by atoms with Gasteiger partial charge in [-0.05, 0) is 19.3 Å². The van der Waals surface area contributed by atoms with Crippen LogP contribution >= 0.6 is 0 Å². The van der Waals surface area contributed by atoms with Crippen LogP contribution < -0.4 is 5.73 Å². The summed E-state index contributed by atoms with van der Waals surface area (Å²) in [6, 6.07) is -1.34. The van der Waals surface area contributed by atoms with Gasteiger partial charge in [0.1, 0.15) is 12.1 Å². The Bertz CT molecular complexity index is 246. The second kappa shape index (κ2) is 7.15. The zero-order valence-electron chi connectivity index (χ0n) is 9.17. The summed E-state index contributed by atoms with van der Waals surface area (Å²) >= 11 is 0. The molecule has 7 nitrogen and oxygen atoms in total. The van der Waals surface area contributed by atoms with E-state index in [0.717, 1.165) is 11.5 Å². The van der Waals surface area contributed by atoms with Gasteiger partial charge in [-0.1, -0.05) is 6.92 Å². The standard InChI is InChI=1S/C5H9NO3.C4H9NO2/c7-5(8)4-2-1-3-6(4)9;1-2-3(5)4(6)7/h4,9H,1-3H2,(H,7,8);3H,2,5H2,1H3,(H,6,7)/t4-;/m0./s1. The van der Waals surface area contributed by atoms with Crippen LogP contribution in [0, 0.1) is 0 Å². The van der Waals surface area contributed by atoms with E-state index in [1.54, 1.807) is 6.92 Å². The third-order valence-electron chi connectivity index (χ3n) is 2.27. The van der Waals surface area contributed by atoms with E-state index in [9.17, 15) is 9.59 Å². The molecule has 1 fully saturated rings. The maximum atomic E-state index is 10.2. The Labute approximate surface area is 93.4 Å². The normalized spacial score (nSPS) is 22.1. The molecule has 0 aliphatic carbocycles. The third-order valence-corrected chi connectivity index (χ3v) is 2.27. The molecule has 1 heterocycles. The maximum absolute atomic E-state index is 10.2. The Kier molecular flexibility index (Phi) is 6.63. The molecule has 7 heteroatoms. The lowest BCUT2D eigenvalue weighted by Crippen LogP contribution is -2.32.